The molecule has 1 aromatic carbocycles. The Labute approximate surface area is 150 Å². The van der Waals surface area contributed by atoms with Gasteiger partial charge in [-0.1, -0.05) is 37.3 Å². The lowest BCUT2D eigenvalue weighted by Gasteiger charge is -2.36. The number of rotatable bonds is 6. The number of carbonyl (C=O) groups is 1. The molecule has 1 aliphatic rings. The third kappa shape index (κ3) is 4.51. The van der Waals surface area contributed by atoms with Gasteiger partial charge in [-0.15, -0.1) is 0 Å². The van der Waals surface area contributed by atoms with Gasteiger partial charge in [0.1, 0.15) is 11.5 Å². The first-order valence-corrected chi connectivity index (χ1v) is 9.29. The number of amides is 1. The molecule has 1 fully saturated rings. The summed E-state index contributed by atoms with van der Waals surface area (Å²) in [4.78, 5) is 16.9. The fraction of sp³-hybridized carbons (Fsp3) is 0.476. The number of piperidine rings is 1. The lowest BCUT2D eigenvalue weighted by atomic mass is 10.0. The maximum absolute atomic E-state index is 12.5. The van der Waals surface area contributed by atoms with E-state index in [1.807, 2.05) is 54.4 Å². The highest BCUT2D eigenvalue weighted by atomic mass is 16.3. The van der Waals surface area contributed by atoms with E-state index in [1.165, 1.54) is 0 Å². The van der Waals surface area contributed by atoms with Gasteiger partial charge in [0.2, 0.25) is 5.91 Å². The second-order valence-electron chi connectivity index (χ2n) is 6.80. The van der Waals surface area contributed by atoms with Crippen LogP contribution in [0.5, 0.6) is 0 Å². The highest BCUT2D eigenvalue weighted by Gasteiger charge is 2.24. The molecular formula is C21H28N2O2. The molecule has 134 valence electrons. The maximum Gasteiger partial charge on any atom is 0.223 e. The van der Waals surface area contributed by atoms with Crippen molar-refractivity contribution in [3.8, 4) is 11.3 Å². The summed E-state index contributed by atoms with van der Waals surface area (Å²) in [6.45, 7) is 5.49. The molecule has 1 aliphatic heterocycles. The van der Waals surface area contributed by atoms with Crippen LogP contribution in [-0.2, 0) is 11.2 Å². The second kappa shape index (κ2) is 8.34. The molecule has 1 saturated heterocycles. The summed E-state index contributed by atoms with van der Waals surface area (Å²) in [5, 5.41) is 0. The quantitative estimate of drug-likeness (QED) is 0.802. The normalized spacial score (nSPS) is 16.1. The van der Waals surface area contributed by atoms with Gasteiger partial charge in [0.05, 0.1) is 0 Å². The van der Waals surface area contributed by atoms with E-state index in [0.717, 1.165) is 49.6 Å². The number of hydrogen-bond acceptors (Lipinski definition) is 3. The standard InChI is InChI=1S/C21H28N2O2/c1-3-23-15-13-18(14-16-23)22(2)21(24)12-10-19-9-11-20(25-19)17-7-5-4-6-8-17/h4-9,11,18H,3,10,12-16H2,1-2H3. The van der Waals surface area contributed by atoms with Crippen LogP contribution in [0.25, 0.3) is 11.3 Å². The molecule has 2 aromatic rings. The molecule has 2 heterocycles. The van der Waals surface area contributed by atoms with E-state index >= 15 is 0 Å². The van der Waals surface area contributed by atoms with Crippen LogP contribution in [0.2, 0.25) is 0 Å². The Morgan fingerprint density at radius 1 is 1.16 bits per heavy atom. The molecule has 0 aliphatic carbocycles. The van der Waals surface area contributed by atoms with E-state index in [2.05, 4.69) is 11.8 Å². The van der Waals surface area contributed by atoms with E-state index in [1.54, 1.807) is 0 Å². The lowest BCUT2D eigenvalue weighted by molar-refractivity contribution is -0.132. The second-order valence-corrected chi connectivity index (χ2v) is 6.80. The van der Waals surface area contributed by atoms with Gasteiger partial charge in [0, 0.05) is 44.6 Å². The summed E-state index contributed by atoms with van der Waals surface area (Å²) in [5.41, 5.74) is 1.07. The highest BCUT2D eigenvalue weighted by Crippen LogP contribution is 2.23. The Hall–Kier alpha value is -2.07. The first kappa shape index (κ1) is 17.7. The fourth-order valence-electron chi connectivity index (χ4n) is 3.50. The molecule has 4 heteroatoms. The van der Waals surface area contributed by atoms with Crippen LogP contribution in [0.3, 0.4) is 0 Å². The van der Waals surface area contributed by atoms with Gasteiger partial charge in [-0.3, -0.25) is 4.79 Å². The number of aryl methyl sites for hydroxylation is 1. The molecule has 0 N–H and O–H groups in total. The Kier molecular flexibility index (Phi) is 5.92. The van der Waals surface area contributed by atoms with Gasteiger partial charge in [0.15, 0.2) is 0 Å². The van der Waals surface area contributed by atoms with Crippen molar-refractivity contribution in [3.05, 3.63) is 48.2 Å². The van der Waals surface area contributed by atoms with Crippen LogP contribution in [-0.4, -0.2) is 48.4 Å². The molecule has 0 radical (unpaired) electrons. The van der Waals surface area contributed by atoms with E-state index in [-0.39, 0.29) is 5.91 Å². The topological polar surface area (TPSA) is 36.7 Å². The average Bonchev–Trinajstić information content (AvgIpc) is 3.15. The maximum atomic E-state index is 12.5. The number of hydrogen-bond donors (Lipinski definition) is 0. The molecule has 1 aromatic heterocycles. The minimum absolute atomic E-state index is 0.215. The first-order valence-electron chi connectivity index (χ1n) is 9.29. The van der Waals surface area contributed by atoms with Crippen LogP contribution < -0.4 is 0 Å². The SMILES string of the molecule is CCN1CCC(N(C)C(=O)CCc2ccc(-c3ccccc3)o2)CC1. The lowest BCUT2D eigenvalue weighted by Crippen LogP contribution is -2.45. The van der Waals surface area contributed by atoms with Gasteiger partial charge in [-0.25, -0.2) is 0 Å². The average molecular weight is 340 g/mol. The van der Waals surface area contributed by atoms with E-state index in [4.69, 9.17) is 4.42 Å². The first-order chi connectivity index (χ1) is 12.2. The zero-order valence-corrected chi connectivity index (χ0v) is 15.3. The molecule has 0 unspecified atom stereocenters. The van der Waals surface area contributed by atoms with Crippen molar-refractivity contribution in [3.63, 3.8) is 0 Å². The molecule has 3 rings (SSSR count). The van der Waals surface area contributed by atoms with Crippen LogP contribution in [0, 0.1) is 0 Å². The van der Waals surface area contributed by atoms with E-state index < -0.39 is 0 Å². The fourth-order valence-corrected chi connectivity index (χ4v) is 3.50. The predicted octanol–water partition coefficient (Wildman–Crippen LogP) is 3.82. The number of carbonyl (C=O) groups excluding carboxylic acids is 1. The summed E-state index contributed by atoms with van der Waals surface area (Å²) in [7, 11) is 1.95. The minimum Gasteiger partial charge on any atom is -0.461 e. The summed E-state index contributed by atoms with van der Waals surface area (Å²) >= 11 is 0. The Morgan fingerprint density at radius 2 is 1.88 bits per heavy atom. The van der Waals surface area contributed by atoms with E-state index in [9.17, 15) is 4.79 Å². The van der Waals surface area contributed by atoms with Gasteiger partial charge in [-0.05, 0) is 31.5 Å². The van der Waals surface area contributed by atoms with Gasteiger partial charge in [0.25, 0.3) is 0 Å². The molecule has 0 atom stereocenters. The Balaban J connectivity index is 1.50. The molecule has 1 amide bonds. The monoisotopic (exact) mass is 340 g/mol. The number of likely N-dealkylation sites (tertiary alicyclic amines) is 1. The van der Waals surface area contributed by atoms with Gasteiger partial charge < -0.3 is 14.2 Å². The molecule has 4 nitrogen and oxygen atoms in total. The van der Waals surface area contributed by atoms with Crippen LogP contribution >= 0.6 is 0 Å². The summed E-state index contributed by atoms with van der Waals surface area (Å²) in [6.07, 6.45) is 3.32. The van der Waals surface area contributed by atoms with Crippen molar-refractivity contribution in [2.24, 2.45) is 0 Å². The number of nitrogens with zero attached hydrogens (tertiary/aromatic N) is 2. The predicted molar refractivity (Wildman–Crippen MR) is 100 cm³/mol. The van der Waals surface area contributed by atoms with Crippen molar-refractivity contribution in [2.45, 2.75) is 38.6 Å². The van der Waals surface area contributed by atoms with Gasteiger partial charge >= 0.3 is 0 Å². The number of furan rings is 1. The summed E-state index contributed by atoms with van der Waals surface area (Å²) in [6, 6.07) is 14.4. The van der Waals surface area contributed by atoms with Crippen molar-refractivity contribution in [1.29, 1.82) is 0 Å². The minimum atomic E-state index is 0.215. The van der Waals surface area contributed by atoms with Crippen molar-refractivity contribution in [2.75, 3.05) is 26.7 Å². The van der Waals surface area contributed by atoms with Crippen molar-refractivity contribution in [1.82, 2.24) is 9.80 Å². The van der Waals surface area contributed by atoms with Crippen molar-refractivity contribution < 1.29 is 9.21 Å². The molecule has 0 saturated carbocycles. The highest BCUT2D eigenvalue weighted by molar-refractivity contribution is 5.76. The molecule has 0 spiro atoms. The van der Waals surface area contributed by atoms with Crippen LogP contribution in [0.15, 0.2) is 46.9 Å². The van der Waals surface area contributed by atoms with Crippen LogP contribution in [0.4, 0.5) is 0 Å². The third-order valence-corrected chi connectivity index (χ3v) is 5.25. The summed E-state index contributed by atoms with van der Waals surface area (Å²) in [5.74, 6) is 1.96. The third-order valence-electron chi connectivity index (χ3n) is 5.25. The molecule has 25 heavy (non-hydrogen) atoms. The largest absolute Gasteiger partial charge is 0.461 e. The van der Waals surface area contributed by atoms with Crippen LogP contribution in [0.1, 0.15) is 31.9 Å². The van der Waals surface area contributed by atoms with Gasteiger partial charge in [-0.2, -0.15) is 0 Å². The number of benzene rings is 1. The van der Waals surface area contributed by atoms with Crippen molar-refractivity contribution >= 4 is 5.91 Å². The van der Waals surface area contributed by atoms with E-state index in [0.29, 0.717) is 18.9 Å². The smallest absolute Gasteiger partial charge is 0.223 e. The molecular weight excluding hydrogens is 312 g/mol. The molecule has 0 bridgehead atoms. The summed E-state index contributed by atoms with van der Waals surface area (Å²) < 4.78 is 5.90. The zero-order valence-electron chi connectivity index (χ0n) is 15.3. The Morgan fingerprint density at radius 3 is 2.56 bits per heavy atom. The Bertz CT molecular complexity index is 672. The zero-order chi connectivity index (χ0) is 17.6.